The highest BCUT2D eigenvalue weighted by Gasteiger charge is 2.24. The monoisotopic (exact) mass is 225 g/mol. The zero-order valence-corrected chi connectivity index (χ0v) is 8.96. The fourth-order valence-electron chi connectivity index (χ4n) is 1.65. The number of ether oxygens (including phenoxy) is 1. The van der Waals surface area contributed by atoms with Crippen molar-refractivity contribution >= 4 is 23.1 Å². The van der Waals surface area contributed by atoms with Gasteiger partial charge >= 0.3 is 0 Å². The first kappa shape index (κ1) is 10.5. The van der Waals surface area contributed by atoms with E-state index < -0.39 is 0 Å². The summed E-state index contributed by atoms with van der Waals surface area (Å²) < 4.78 is 5.32. The molecule has 1 fully saturated rings. The molecule has 0 radical (unpaired) electrons. The third-order valence-corrected chi connectivity index (χ3v) is 2.83. The number of rotatable bonds is 2. The normalized spacial score (nSPS) is 20.5. The molecule has 0 aliphatic carbocycles. The minimum absolute atomic E-state index is 0.00519. The van der Waals surface area contributed by atoms with Gasteiger partial charge in [0.25, 0.3) is 0 Å². The van der Waals surface area contributed by atoms with E-state index in [1.807, 2.05) is 0 Å². The van der Waals surface area contributed by atoms with Crippen LogP contribution in [0.5, 0.6) is 0 Å². The summed E-state index contributed by atoms with van der Waals surface area (Å²) in [7, 11) is 0. The molecule has 0 amide bonds. The van der Waals surface area contributed by atoms with Gasteiger partial charge in [-0.15, -0.1) is 0 Å². The summed E-state index contributed by atoms with van der Waals surface area (Å²) in [6, 6.07) is 4.93. The van der Waals surface area contributed by atoms with Gasteiger partial charge in [0.05, 0.1) is 10.7 Å². The highest BCUT2D eigenvalue weighted by Crippen LogP contribution is 2.23. The molecule has 0 aromatic heterocycles. The second-order valence-corrected chi connectivity index (χ2v) is 4.01. The summed E-state index contributed by atoms with van der Waals surface area (Å²) in [5.41, 5.74) is 6.62. The van der Waals surface area contributed by atoms with Crippen LogP contribution in [0.25, 0.3) is 0 Å². The van der Waals surface area contributed by atoms with E-state index in [0.717, 1.165) is 12.8 Å². The Labute approximate surface area is 93.2 Å². The Bertz CT molecular complexity index is 386. The van der Waals surface area contributed by atoms with Gasteiger partial charge in [0.15, 0.2) is 5.78 Å². The molecule has 0 saturated carbocycles. The molecule has 80 valence electrons. The number of ketones is 1. The van der Waals surface area contributed by atoms with E-state index in [0.29, 0.717) is 22.9 Å². The molecule has 1 saturated heterocycles. The third-order valence-electron chi connectivity index (χ3n) is 2.51. The summed E-state index contributed by atoms with van der Waals surface area (Å²) in [4.78, 5) is 11.9. The van der Waals surface area contributed by atoms with Crippen LogP contribution in [-0.2, 0) is 4.74 Å². The van der Waals surface area contributed by atoms with Gasteiger partial charge in [-0.25, -0.2) is 0 Å². The number of carbonyl (C=O) groups is 1. The molecule has 1 aliphatic rings. The van der Waals surface area contributed by atoms with Gasteiger partial charge in [0, 0.05) is 12.2 Å². The van der Waals surface area contributed by atoms with Crippen molar-refractivity contribution in [3.05, 3.63) is 28.8 Å². The number of nitrogens with two attached hydrogens (primary N) is 1. The largest absolute Gasteiger partial charge is 0.398 e. The zero-order chi connectivity index (χ0) is 10.8. The van der Waals surface area contributed by atoms with E-state index >= 15 is 0 Å². The van der Waals surface area contributed by atoms with E-state index in [2.05, 4.69) is 0 Å². The van der Waals surface area contributed by atoms with Gasteiger partial charge in [-0.3, -0.25) is 4.79 Å². The van der Waals surface area contributed by atoms with Crippen LogP contribution in [0.4, 0.5) is 5.69 Å². The Kier molecular flexibility index (Phi) is 2.93. The first-order chi connectivity index (χ1) is 7.18. The molecule has 2 N–H and O–H groups in total. The molecule has 1 heterocycles. The third kappa shape index (κ3) is 2.13. The molecule has 1 atom stereocenters. The average molecular weight is 226 g/mol. The number of hydrogen-bond acceptors (Lipinski definition) is 3. The fourth-order valence-corrected chi connectivity index (χ4v) is 1.83. The van der Waals surface area contributed by atoms with Crippen LogP contribution >= 0.6 is 11.6 Å². The number of benzene rings is 1. The van der Waals surface area contributed by atoms with Gasteiger partial charge in [0.2, 0.25) is 0 Å². The van der Waals surface area contributed by atoms with Crippen molar-refractivity contribution in [2.45, 2.75) is 18.9 Å². The van der Waals surface area contributed by atoms with Crippen molar-refractivity contribution < 1.29 is 9.53 Å². The number of hydrogen-bond donors (Lipinski definition) is 1. The standard InChI is InChI=1S/C11H12ClNO2/c12-8-6-7(3-4-9(8)13)11(14)10-2-1-5-15-10/h3-4,6,10H,1-2,5,13H2. The molecule has 1 aliphatic heterocycles. The molecule has 1 aromatic rings. The van der Waals surface area contributed by atoms with Gasteiger partial charge in [-0.2, -0.15) is 0 Å². The summed E-state index contributed by atoms with van der Waals surface area (Å²) >= 11 is 5.85. The Morgan fingerprint density at radius 1 is 1.53 bits per heavy atom. The zero-order valence-electron chi connectivity index (χ0n) is 8.20. The Morgan fingerprint density at radius 3 is 2.93 bits per heavy atom. The molecule has 4 heteroatoms. The van der Waals surface area contributed by atoms with E-state index in [1.54, 1.807) is 18.2 Å². The molecule has 2 rings (SSSR count). The van der Waals surface area contributed by atoms with Crippen molar-refractivity contribution in [2.75, 3.05) is 12.3 Å². The van der Waals surface area contributed by atoms with Crippen LogP contribution in [0.3, 0.4) is 0 Å². The van der Waals surface area contributed by atoms with E-state index in [4.69, 9.17) is 22.1 Å². The smallest absolute Gasteiger partial charge is 0.191 e. The second-order valence-electron chi connectivity index (χ2n) is 3.60. The lowest BCUT2D eigenvalue weighted by Crippen LogP contribution is -2.19. The van der Waals surface area contributed by atoms with E-state index in [1.165, 1.54) is 0 Å². The number of carbonyl (C=O) groups excluding carboxylic acids is 1. The number of halogens is 1. The molecule has 15 heavy (non-hydrogen) atoms. The van der Waals surface area contributed by atoms with Crippen LogP contribution in [0.1, 0.15) is 23.2 Å². The van der Waals surface area contributed by atoms with Crippen molar-refractivity contribution in [3.8, 4) is 0 Å². The molecular formula is C11H12ClNO2. The van der Waals surface area contributed by atoms with Crippen molar-refractivity contribution in [2.24, 2.45) is 0 Å². The molecular weight excluding hydrogens is 214 g/mol. The van der Waals surface area contributed by atoms with Gasteiger partial charge in [-0.05, 0) is 31.0 Å². The SMILES string of the molecule is Nc1ccc(C(=O)C2CCCO2)cc1Cl. The fraction of sp³-hybridized carbons (Fsp3) is 0.364. The molecule has 0 bridgehead atoms. The maximum absolute atomic E-state index is 11.9. The van der Waals surface area contributed by atoms with Crippen LogP contribution in [0, 0.1) is 0 Å². The van der Waals surface area contributed by atoms with Crippen LogP contribution in [-0.4, -0.2) is 18.5 Å². The minimum atomic E-state index is -0.301. The first-order valence-corrected chi connectivity index (χ1v) is 5.27. The van der Waals surface area contributed by atoms with Gasteiger partial charge in [-0.1, -0.05) is 11.6 Å². The highest BCUT2D eigenvalue weighted by atomic mass is 35.5. The molecule has 1 aromatic carbocycles. The van der Waals surface area contributed by atoms with Gasteiger partial charge in [0.1, 0.15) is 6.10 Å². The maximum Gasteiger partial charge on any atom is 0.191 e. The summed E-state index contributed by atoms with van der Waals surface area (Å²) in [5, 5.41) is 0.416. The predicted molar refractivity (Wildman–Crippen MR) is 59.2 cm³/mol. The second kappa shape index (κ2) is 4.21. The maximum atomic E-state index is 11.9. The van der Waals surface area contributed by atoms with E-state index in [-0.39, 0.29) is 11.9 Å². The molecule has 3 nitrogen and oxygen atoms in total. The highest BCUT2D eigenvalue weighted by molar-refractivity contribution is 6.33. The number of anilines is 1. The minimum Gasteiger partial charge on any atom is -0.398 e. The lowest BCUT2D eigenvalue weighted by molar-refractivity contribution is 0.0643. The van der Waals surface area contributed by atoms with E-state index in [9.17, 15) is 4.79 Å². The quantitative estimate of drug-likeness (QED) is 0.621. The predicted octanol–water partition coefficient (Wildman–Crippen LogP) is 2.28. The van der Waals surface area contributed by atoms with Crippen molar-refractivity contribution in [3.63, 3.8) is 0 Å². The molecule has 0 spiro atoms. The van der Waals surface area contributed by atoms with Gasteiger partial charge < -0.3 is 10.5 Å². The number of nitrogen functional groups attached to an aromatic ring is 1. The summed E-state index contributed by atoms with van der Waals surface area (Å²) in [6.45, 7) is 0.666. The Morgan fingerprint density at radius 2 is 2.33 bits per heavy atom. The summed E-state index contributed by atoms with van der Waals surface area (Å²) in [6.07, 6.45) is 1.43. The average Bonchev–Trinajstić information content (AvgIpc) is 2.74. The van der Waals surface area contributed by atoms with Crippen LogP contribution in [0.2, 0.25) is 5.02 Å². The summed E-state index contributed by atoms with van der Waals surface area (Å²) in [5.74, 6) is -0.00519. The van der Waals surface area contributed by atoms with Crippen LogP contribution in [0.15, 0.2) is 18.2 Å². The topological polar surface area (TPSA) is 52.3 Å². The van der Waals surface area contributed by atoms with Crippen LogP contribution < -0.4 is 5.73 Å². The Balaban J connectivity index is 2.21. The lowest BCUT2D eigenvalue weighted by atomic mass is 10.0. The van der Waals surface area contributed by atoms with Crippen molar-refractivity contribution in [1.29, 1.82) is 0 Å². The number of Topliss-reactive ketones (excluding diaryl/α,β-unsaturated/α-hetero) is 1. The first-order valence-electron chi connectivity index (χ1n) is 4.89. The lowest BCUT2D eigenvalue weighted by Gasteiger charge is -2.08. The Hall–Kier alpha value is -1.06. The molecule has 1 unspecified atom stereocenters. The van der Waals surface area contributed by atoms with Crippen molar-refractivity contribution in [1.82, 2.24) is 0 Å².